The molecule has 0 amide bonds. The predicted octanol–water partition coefficient (Wildman–Crippen LogP) is 4.48. The third-order valence-corrected chi connectivity index (χ3v) is 7.86. The van der Waals surface area contributed by atoms with Crippen molar-refractivity contribution in [1.82, 2.24) is 33.9 Å². The summed E-state index contributed by atoms with van der Waals surface area (Å²) in [5.41, 5.74) is 3.97. The molecular formula is C30H31F2N7O3. The number of aromatic carboxylic acids is 1. The van der Waals surface area contributed by atoms with Crippen LogP contribution in [0.1, 0.15) is 58.8 Å². The Morgan fingerprint density at radius 3 is 2.69 bits per heavy atom. The number of carboxylic acid groups (broad SMARTS) is 1. The highest BCUT2D eigenvalue weighted by Crippen LogP contribution is 2.28. The van der Waals surface area contributed by atoms with E-state index >= 15 is 0 Å². The van der Waals surface area contributed by atoms with Gasteiger partial charge in [-0.1, -0.05) is 0 Å². The number of piperidine rings is 1. The van der Waals surface area contributed by atoms with Crippen LogP contribution >= 0.6 is 0 Å². The number of likely N-dealkylation sites (tertiary alicyclic amines) is 1. The van der Waals surface area contributed by atoms with Crippen LogP contribution in [0.15, 0.2) is 61.2 Å². The van der Waals surface area contributed by atoms with Crippen molar-refractivity contribution >= 4 is 17.0 Å². The van der Waals surface area contributed by atoms with Gasteiger partial charge in [0, 0.05) is 30.3 Å². The van der Waals surface area contributed by atoms with E-state index in [1.807, 2.05) is 12.3 Å². The molecule has 6 rings (SSSR count). The average Bonchev–Trinajstić information content (AvgIpc) is 3.72. The Morgan fingerprint density at radius 2 is 1.93 bits per heavy atom. The number of hydrogen-bond acceptors (Lipinski definition) is 6. The summed E-state index contributed by atoms with van der Waals surface area (Å²) in [4.78, 5) is 30.1. The second-order valence-electron chi connectivity index (χ2n) is 10.5. The number of nitrogens with zero attached hydrogens (tertiary/aromatic N) is 7. The molecule has 42 heavy (non-hydrogen) atoms. The molecular weight excluding hydrogens is 544 g/mol. The summed E-state index contributed by atoms with van der Waals surface area (Å²) in [6, 6.07) is 10.4. The first-order valence-electron chi connectivity index (χ1n) is 13.9. The third-order valence-electron chi connectivity index (χ3n) is 7.86. The number of halogens is 2. The van der Waals surface area contributed by atoms with Crippen molar-refractivity contribution in [3.8, 4) is 0 Å². The molecule has 2 aromatic carbocycles. The molecule has 0 saturated carbocycles. The normalized spacial score (nSPS) is 14.5. The summed E-state index contributed by atoms with van der Waals surface area (Å²) < 4.78 is 31.2. The summed E-state index contributed by atoms with van der Waals surface area (Å²) in [5.74, 6) is -1.12. The van der Waals surface area contributed by atoms with Gasteiger partial charge in [0.05, 0.1) is 53.6 Å². The summed E-state index contributed by atoms with van der Waals surface area (Å²) in [7, 11) is 0. The zero-order valence-electron chi connectivity index (χ0n) is 23.2. The minimum absolute atomic E-state index is 0.0559. The molecule has 0 bridgehead atoms. The van der Waals surface area contributed by atoms with Crippen LogP contribution in [0.4, 0.5) is 8.78 Å². The first-order chi connectivity index (χ1) is 20.4. The lowest BCUT2D eigenvalue weighted by Gasteiger charge is -2.31. The highest BCUT2D eigenvalue weighted by atomic mass is 19.1. The monoisotopic (exact) mass is 575 g/mol. The molecule has 218 valence electrons. The van der Waals surface area contributed by atoms with Crippen molar-refractivity contribution in [3.05, 3.63) is 101 Å². The number of carboxylic acids is 1. The SMILES string of the molecule is CCn1cncc1Cn1c(CN2CCC(c3ccn(OCc4ccc(F)cc4F)n3)CC2)nc2ccc(C(=O)O)cc21. The summed E-state index contributed by atoms with van der Waals surface area (Å²) >= 11 is 0. The molecule has 1 fully saturated rings. The van der Waals surface area contributed by atoms with Crippen LogP contribution in [0.2, 0.25) is 0 Å². The van der Waals surface area contributed by atoms with Crippen molar-refractivity contribution in [3.63, 3.8) is 0 Å². The minimum atomic E-state index is -0.970. The number of benzene rings is 2. The lowest BCUT2D eigenvalue weighted by atomic mass is 9.94. The number of hydrogen-bond donors (Lipinski definition) is 1. The molecule has 0 atom stereocenters. The van der Waals surface area contributed by atoms with Crippen molar-refractivity contribution in [1.29, 1.82) is 0 Å². The van der Waals surface area contributed by atoms with Gasteiger partial charge in [-0.15, -0.1) is 9.94 Å². The molecule has 1 N–H and O–H groups in total. The minimum Gasteiger partial charge on any atom is -0.478 e. The van der Waals surface area contributed by atoms with E-state index in [1.165, 1.54) is 17.0 Å². The second-order valence-corrected chi connectivity index (χ2v) is 10.5. The fraction of sp³-hybridized carbons (Fsp3) is 0.333. The van der Waals surface area contributed by atoms with Crippen molar-refractivity contribution in [2.24, 2.45) is 0 Å². The Bertz CT molecular complexity index is 1720. The molecule has 0 radical (unpaired) electrons. The first kappa shape index (κ1) is 27.6. The van der Waals surface area contributed by atoms with Crippen LogP contribution < -0.4 is 4.84 Å². The highest BCUT2D eigenvalue weighted by Gasteiger charge is 2.25. The van der Waals surface area contributed by atoms with Gasteiger partial charge in [0.2, 0.25) is 0 Å². The van der Waals surface area contributed by atoms with Crippen LogP contribution in [0, 0.1) is 11.6 Å². The van der Waals surface area contributed by atoms with E-state index in [2.05, 4.69) is 31.0 Å². The van der Waals surface area contributed by atoms with Crippen LogP contribution in [0.25, 0.3) is 11.0 Å². The largest absolute Gasteiger partial charge is 0.478 e. The van der Waals surface area contributed by atoms with Crippen molar-refractivity contribution < 1.29 is 23.5 Å². The van der Waals surface area contributed by atoms with Crippen LogP contribution in [0.3, 0.4) is 0 Å². The number of aromatic nitrogens is 6. The lowest BCUT2D eigenvalue weighted by molar-refractivity contribution is 0.0666. The standard InChI is InChI=1S/C30H31F2N7O3/c1-2-37-19-33-15-24(37)16-38-28-13-21(30(40)41)4-6-27(28)34-29(38)17-36-10-7-20(8-11-36)26-9-12-39(35-26)42-18-22-3-5-23(31)14-25(22)32/h3-6,9,12-15,19-20H,2,7-8,10-11,16-18H2,1H3,(H,40,41). The quantitative estimate of drug-likeness (QED) is 0.262. The van der Waals surface area contributed by atoms with Gasteiger partial charge in [0.15, 0.2) is 0 Å². The predicted molar refractivity (Wildman–Crippen MR) is 150 cm³/mol. The maximum Gasteiger partial charge on any atom is 0.335 e. The number of carbonyl (C=O) groups is 1. The molecule has 1 saturated heterocycles. The molecule has 5 aromatic rings. The molecule has 0 spiro atoms. The van der Waals surface area contributed by atoms with E-state index in [0.717, 1.165) is 66.8 Å². The Kier molecular flexibility index (Phi) is 7.70. The van der Waals surface area contributed by atoms with E-state index in [9.17, 15) is 18.7 Å². The lowest BCUT2D eigenvalue weighted by Crippen LogP contribution is -2.33. The fourth-order valence-electron chi connectivity index (χ4n) is 5.50. The van der Waals surface area contributed by atoms with Gasteiger partial charge in [-0.2, -0.15) is 0 Å². The molecule has 12 heteroatoms. The van der Waals surface area contributed by atoms with E-state index in [1.54, 1.807) is 30.7 Å². The van der Waals surface area contributed by atoms with E-state index in [-0.39, 0.29) is 23.7 Å². The summed E-state index contributed by atoms with van der Waals surface area (Å²) in [6.07, 6.45) is 7.14. The summed E-state index contributed by atoms with van der Waals surface area (Å²) in [6.45, 7) is 5.65. The zero-order valence-corrected chi connectivity index (χ0v) is 23.2. The second kappa shape index (κ2) is 11.7. The van der Waals surface area contributed by atoms with Gasteiger partial charge in [0.25, 0.3) is 0 Å². The van der Waals surface area contributed by atoms with E-state index < -0.39 is 17.6 Å². The smallest absolute Gasteiger partial charge is 0.335 e. The Morgan fingerprint density at radius 1 is 1.10 bits per heavy atom. The Labute approximate surface area is 240 Å². The fourth-order valence-corrected chi connectivity index (χ4v) is 5.50. The average molecular weight is 576 g/mol. The summed E-state index contributed by atoms with van der Waals surface area (Å²) in [5, 5.41) is 14.1. The van der Waals surface area contributed by atoms with Gasteiger partial charge in [-0.05, 0) is 69.3 Å². The molecule has 0 unspecified atom stereocenters. The van der Waals surface area contributed by atoms with Crippen LogP contribution in [0.5, 0.6) is 0 Å². The Hall–Kier alpha value is -4.58. The molecule has 10 nitrogen and oxygen atoms in total. The first-order valence-corrected chi connectivity index (χ1v) is 13.9. The van der Waals surface area contributed by atoms with Crippen molar-refractivity contribution in [2.75, 3.05) is 13.1 Å². The number of imidazole rings is 2. The molecule has 1 aliphatic rings. The van der Waals surface area contributed by atoms with E-state index in [0.29, 0.717) is 13.1 Å². The zero-order chi connectivity index (χ0) is 29.2. The molecule has 4 heterocycles. The Balaban J connectivity index is 1.13. The van der Waals surface area contributed by atoms with Gasteiger partial charge >= 0.3 is 5.97 Å². The maximum absolute atomic E-state index is 13.9. The van der Waals surface area contributed by atoms with Gasteiger partial charge in [-0.25, -0.2) is 23.5 Å². The molecule has 0 aliphatic carbocycles. The van der Waals surface area contributed by atoms with Crippen molar-refractivity contribution in [2.45, 2.75) is 51.9 Å². The maximum atomic E-state index is 13.9. The van der Waals surface area contributed by atoms with E-state index in [4.69, 9.17) is 9.82 Å². The topological polar surface area (TPSA) is 103 Å². The van der Waals surface area contributed by atoms with Gasteiger partial charge in [0.1, 0.15) is 24.1 Å². The molecule has 3 aromatic heterocycles. The van der Waals surface area contributed by atoms with Crippen LogP contribution in [-0.2, 0) is 26.2 Å². The number of fused-ring (bicyclic) bond motifs is 1. The van der Waals surface area contributed by atoms with Gasteiger partial charge in [-0.3, -0.25) is 4.90 Å². The van der Waals surface area contributed by atoms with Gasteiger partial charge < -0.3 is 19.1 Å². The number of aryl methyl sites for hydroxylation is 1. The third kappa shape index (κ3) is 5.75. The number of rotatable bonds is 10. The van der Waals surface area contributed by atoms with Crippen LogP contribution in [-0.4, -0.2) is 58.1 Å². The molecule has 1 aliphatic heterocycles. The highest BCUT2D eigenvalue weighted by molar-refractivity contribution is 5.92.